The first-order valence-corrected chi connectivity index (χ1v) is 10.3. The number of carboxylic acid groups (broad SMARTS) is 1. The van der Waals surface area contributed by atoms with Gasteiger partial charge in [-0.25, -0.2) is 4.98 Å². The molecule has 6 heteroatoms. The molecule has 1 heterocycles. The van der Waals surface area contributed by atoms with Crippen molar-refractivity contribution in [1.29, 1.82) is 5.26 Å². The first-order chi connectivity index (χ1) is 15.2. The molecule has 0 aliphatic heterocycles. The molecule has 32 heavy (non-hydrogen) atoms. The zero-order valence-electron chi connectivity index (χ0n) is 18.8. The summed E-state index contributed by atoms with van der Waals surface area (Å²) in [6.45, 7) is 6.40. The third-order valence-corrected chi connectivity index (χ3v) is 5.39. The molecule has 0 bridgehead atoms. The van der Waals surface area contributed by atoms with Gasteiger partial charge in [0.05, 0.1) is 19.1 Å². The molecule has 0 aliphatic rings. The predicted molar refractivity (Wildman–Crippen MR) is 125 cm³/mol. The number of nitriles is 1. The lowest BCUT2D eigenvalue weighted by molar-refractivity contribution is -0.138. The Kier molecular flexibility index (Phi) is 6.79. The molecule has 0 fully saturated rings. The van der Waals surface area contributed by atoms with Crippen LogP contribution in [0.3, 0.4) is 0 Å². The zero-order valence-corrected chi connectivity index (χ0v) is 18.8. The second-order valence-corrected chi connectivity index (χ2v) is 8.45. The first-order valence-electron chi connectivity index (χ1n) is 10.3. The van der Waals surface area contributed by atoms with Crippen LogP contribution in [-0.2, 0) is 16.8 Å². The Morgan fingerprint density at radius 3 is 2.56 bits per heavy atom. The van der Waals surface area contributed by atoms with Crippen LogP contribution in [0.1, 0.15) is 42.5 Å². The first kappa shape index (κ1) is 22.8. The van der Waals surface area contributed by atoms with Crippen molar-refractivity contribution in [1.82, 2.24) is 4.98 Å². The predicted octanol–water partition coefficient (Wildman–Crippen LogP) is 5.30. The minimum atomic E-state index is -0.910. The fourth-order valence-electron chi connectivity index (χ4n) is 3.76. The molecule has 0 unspecified atom stereocenters. The molecule has 0 spiro atoms. The Morgan fingerprint density at radius 2 is 1.97 bits per heavy atom. The summed E-state index contributed by atoms with van der Waals surface area (Å²) in [6.07, 6.45) is 1.66. The lowest BCUT2D eigenvalue weighted by Gasteiger charge is -2.26. The number of anilines is 1. The van der Waals surface area contributed by atoms with Gasteiger partial charge in [-0.2, -0.15) is 5.26 Å². The second-order valence-electron chi connectivity index (χ2n) is 8.45. The number of rotatable bonds is 8. The van der Waals surface area contributed by atoms with Gasteiger partial charge in [0, 0.05) is 29.3 Å². The lowest BCUT2D eigenvalue weighted by Crippen LogP contribution is -2.23. The molecule has 3 rings (SSSR count). The van der Waals surface area contributed by atoms with E-state index in [2.05, 4.69) is 41.5 Å². The zero-order chi connectivity index (χ0) is 23.3. The summed E-state index contributed by atoms with van der Waals surface area (Å²) in [7, 11) is 1.49. The van der Waals surface area contributed by atoms with Gasteiger partial charge in [0.15, 0.2) is 0 Å². The molecule has 0 saturated carbocycles. The van der Waals surface area contributed by atoms with Crippen LogP contribution in [0.2, 0.25) is 0 Å². The van der Waals surface area contributed by atoms with Crippen LogP contribution < -0.4 is 10.1 Å². The van der Waals surface area contributed by atoms with Crippen LogP contribution in [0.25, 0.3) is 11.1 Å². The van der Waals surface area contributed by atoms with Crippen molar-refractivity contribution in [2.45, 2.75) is 39.2 Å². The Balaban J connectivity index is 1.91. The number of aryl methyl sites for hydroxylation is 1. The monoisotopic (exact) mass is 429 g/mol. The molecule has 164 valence electrons. The fourth-order valence-corrected chi connectivity index (χ4v) is 3.76. The number of nitrogens with one attached hydrogen (secondary N) is 1. The van der Waals surface area contributed by atoms with E-state index >= 15 is 0 Å². The van der Waals surface area contributed by atoms with E-state index < -0.39 is 11.4 Å². The number of carboxylic acids is 1. The average Bonchev–Trinajstić information content (AvgIpc) is 2.76. The Morgan fingerprint density at radius 1 is 1.19 bits per heavy atom. The molecule has 0 aliphatic carbocycles. The third kappa shape index (κ3) is 5.25. The number of hydrogen-bond donors (Lipinski definition) is 2. The summed E-state index contributed by atoms with van der Waals surface area (Å²) >= 11 is 0. The minimum Gasteiger partial charge on any atom is -0.495 e. The summed E-state index contributed by atoms with van der Waals surface area (Å²) < 4.78 is 5.49. The van der Waals surface area contributed by atoms with Gasteiger partial charge in [0.2, 0.25) is 0 Å². The summed E-state index contributed by atoms with van der Waals surface area (Å²) in [4.78, 5) is 15.9. The standard InChI is InChI=1S/C26H27N3O3/c1-17-6-5-7-18(10-17)15-28-23-9-8-19(16-29-23)20-11-21(14-27)25(32-4)22(12-20)26(2,3)13-24(30)31/h5-12,16H,13,15H2,1-4H3,(H,28,29)(H,30,31). The lowest BCUT2D eigenvalue weighted by atomic mass is 9.79. The SMILES string of the molecule is COc1c(C#N)cc(-c2ccc(NCc3cccc(C)c3)nc2)cc1C(C)(C)CC(=O)O. The number of hydrogen-bond acceptors (Lipinski definition) is 5. The van der Waals surface area contributed by atoms with Gasteiger partial charge in [0.25, 0.3) is 0 Å². The Hall–Kier alpha value is -3.85. The van der Waals surface area contributed by atoms with Crippen molar-refractivity contribution in [3.63, 3.8) is 0 Å². The molecular formula is C26H27N3O3. The van der Waals surface area contributed by atoms with Crippen molar-refractivity contribution in [2.75, 3.05) is 12.4 Å². The molecule has 0 amide bonds. The molecule has 2 N–H and O–H groups in total. The topological polar surface area (TPSA) is 95.2 Å². The quantitative estimate of drug-likeness (QED) is 0.504. The van der Waals surface area contributed by atoms with E-state index in [-0.39, 0.29) is 6.42 Å². The number of aromatic nitrogens is 1. The summed E-state index contributed by atoms with van der Waals surface area (Å²) in [5.41, 5.74) is 4.32. The highest BCUT2D eigenvalue weighted by Gasteiger charge is 2.29. The van der Waals surface area contributed by atoms with E-state index in [0.717, 1.165) is 16.9 Å². The summed E-state index contributed by atoms with van der Waals surface area (Å²) in [6, 6.07) is 17.9. The van der Waals surface area contributed by atoms with Crippen LogP contribution >= 0.6 is 0 Å². The number of pyridine rings is 1. The van der Waals surface area contributed by atoms with E-state index in [0.29, 0.717) is 23.4 Å². The molecule has 3 aromatic rings. The molecule has 0 atom stereocenters. The molecule has 2 aromatic carbocycles. The van der Waals surface area contributed by atoms with Gasteiger partial charge < -0.3 is 15.2 Å². The number of benzene rings is 2. The largest absolute Gasteiger partial charge is 0.495 e. The maximum Gasteiger partial charge on any atom is 0.304 e. The van der Waals surface area contributed by atoms with Crippen molar-refractivity contribution in [3.8, 4) is 22.9 Å². The smallest absolute Gasteiger partial charge is 0.304 e. The summed E-state index contributed by atoms with van der Waals surface area (Å²) in [5.74, 6) is 0.245. The molecular weight excluding hydrogens is 402 g/mol. The van der Waals surface area contributed by atoms with E-state index in [1.807, 2.05) is 38.1 Å². The van der Waals surface area contributed by atoms with Crippen LogP contribution in [0.5, 0.6) is 5.75 Å². The van der Waals surface area contributed by atoms with Crippen molar-refractivity contribution in [3.05, 3.63) is 77.0 Å². The molecule has 0 saturated heterocycles. The van der Waals surface area contributed by atoms with E-state index in [9.17, 15) is 15.2 Å². The van der Waals surface area contributed by atoms with Crippen LogP contribution in [0.15, 0.2) is 54.7 Å². The minimum absolute atomic E-state index is 0.0856. The fraction of sp³-hybridized carbons (Fsp3) is 0.269. The number of nitrogens with zero attached hydrogens (tertiary/aromatic N) is 2. The molecule has 0 radical (unpaired) electrons. The highest BCUT2D eigenvalue weighted by Crippen LogP contribution is 2.39. The summed E-state index contributed by atoms with van der Waals surface area (Å²) in [5, 5.41) is 22.3. The van der Waals surface area contributed by atoms with Gasteiger partial charge in [-0.3, -0.25) is 4.79 Å². The highest BCUT2D eigenvalue weighted by molar-refractivity contribution is 5.73. The number of ether oxygens (including phenoxy) is 1. The van der Waals surface area contributed by atoms with Crippen LogP contribution in [-0.4, -0.2) is 23.2 Å². The van der Waals surface area contributed by atoms with Gasteiger partial charge in [-0.1, -0.05) is 43.7 Å². The maximum absolute atomic E-state index is 11.4. The highest BCUT2D eigenvalue weighted by atomic mass is 16.5. The van der Waals surface area contributed by atoms with Crippen LogP contribution in [0.4, 0.5) is 5.82 Å². The van der Waals surface area contributed by atoms with Crippen molar-refractivity contribution < 1.29 is 14.6 Å². The van der Waals surface area contributed by atoms with Gasteiger partial charge >= 0.3 is 5.97 Å². The normalized spacial score (nSPS) is 11.0. The van der Waals surface area contributed by atoms with Crippen molar-refractivity contribution in [2.24, 2.45) is 0 Å². The second kappa shape index (κ2) is 9.52. The number of carbonyl (C=O) groups is 1. The average molecular weight is 430 g/mol. The Labute approximate surface area is 188 Å². The van der Waals surface area contributed by atoms with E-state index in [1.165, 1.54) is 18.2 Å². The number of methoxy groups -OCH3 is 1. The van der Waals surface area contributed by atoms with Crippen LogP contribution in [0, 0.1) is 18.3 Å². The molecule has 6 nitrogen and oxygen atoms in total. The third-order valence-electron chi connectivity index (χ3n) is 5.39. The van der Waals surface area contributed by atoms with Gasteiger partial charge in [-0.05, 0) is 42.3 Å². The maximum atomic E-state index is 11.4. The Bertz CT molecular complexity index is 1160. The molecule has 1 aromatic heterocycles. The van der Waals surface area contributed by atoms with E-state index in [4.69, 9.17) is 4.74 Å². The van der Waals surface area contributed by atoms with Gasteiger partial charge in [-0.15, -0.1) is 0 Å². The number of aliphatic carboxylic acids is 1. The van der Waals surface area contributed by atoms with Gasteiger partial charge in [0.1, 0.15) is 17.6 Å². The van der Waals surface area contributed by atoms with E-state index in [1.54, 1.807) is 12.3 Å². The van der Waals surface area contributed by atoms with Crippen molar-refractivity contribution >= 4 is 11.8 Å².